The third-order valence-corrected chi connectivity index (χ3v) is 6.26. The van der Waals surface area contributed by atoms with E-state index in [-0.39, 0.29) is 24.4 Å². The lowest BCUT2D eigenvalue weighted by atomic mass is 10.1. The average Bonchev–Trinajstić information content (AvgIpc) is 2.97. The van der Waals surface area contributed by atoms with Crippen LogP contribution in [0.5, 0.6) is 11.5 Å². The average molecular weight is 523 g/mol. The zero-order valence-electron chi connectivity index (χ0n) is 22.5. The lowest BCUT2D eigenvalue weighted by Gasteiger charge is -2.20. The molecule has 0 aliphatic carbocycles. The molecule has 0 fully saturated rings. The van der Waals surface area contributed by atoms with E-state index in [4.69, 9.17) is 9.47 Å². The van der Waals surface area contributed by atoms with E-state index in [9.17, 15) is 9.59 Å². The van der Waals surface area contributed by atoms with Crippen LogP contribution in [0.1, 0.15) is 20.8 Å². The molecule has 6 nitrogen and oxygen atoms in total. The van der Waals surface area contributed by atoms with Crippen LogP contribution in [0.2, 0.25) is 0 Å². The molecule has 0 saturated carbocycles. The summed E-state index contributed by atoms with van der Waals surface area (Å²) in [6.07, 6.45) is -1.37. The Balaban J connectivity index is 1.19. The highest BCUT2D eigenvalue weighted by Crippen LogP contribution is 2.24. The monoisotopic (exact) mass is 522 g/mol. The van der Waals surface area contributed by atoms with Gasteiger partial charge in [-0.2, -0.15) is 0 Å². The van der Waals surface area contributed by atoms with E-state index in [0.29, 0.717) is 11.5 Å². The standard InChI is InChI=1S/C33H34N2O4/c1-23(35-33(37)25(3)39-31-20-16-29(17-21-31)27-12-8-5-9-13-27)22-34-32(36)24(2)38-30-18-14-28(15-19-30)26-10-6-4-7-11-26/h4-21,23-25H,22H2,1-3H3,(H,34,36)(H,35,37)/t23-,24-,25+/m1/s1. The number of hydrogen-bond acceptors (Lipinski definition) is 4. The second-order valence-corrected chi connectivity index (χ2v) is 9.46. The predicted octanol–water partition coefficient (Wildman–Crippen LogP) is 5.88. The van der Waals surface area contributed by atoms with Gasteiger partial charge in [-0.3, -0.25) is 9.59 Å². The largest absolute Gasteiger partial charge is 0.481 e. The molecule has 0 aromatic heterocycles. The summed E-state index contributed by atoms with van der Waals surface area (Å²) in [7, 11) is 0. The second kappa shape index (κ2) is 13.3. The molecule has 0 bridgehead atoms. The minimum atomic E-state index is -0.688. The lowest BCUT2D eigenvalue weighted by molar-refractivity contribution is -0.129. The molecule has 2 amide bonds. The molecule has 4 aromatic carbocycles. The van der Waals surface area contributed by atoms with E-state index in [1.165, 1.54) is 0 Å². The molecule has 0 spiro atoms. The van der Waals surface area contributed by atoms with Gasteiger partial charge < -0.3 is 20.1 Å². The first-order chi connectivity index (χ1) is 18.9. The smallest absolute Gasteiger partial charge is 0.261 e. The van der Waals surface area contributed by atoms with Crippen LogP contribution in [-0.2, 0) is 9.59 Å². The minimum Gasteiger partial charge on any atom is -0.481 e. The van der Waals surface area contributed by atoms with E-state index in [0.717, 1.165) is 22.3 Å². The molecule has 4 rings (SSSR count). The molecule has 3 atom stereocenters. The summed E-state index contributed by atoms with van der Waals surface area (Å²) in [5.41, 5.74) is 4.39. The van der Waals surface area contributed by atoms with E-state index in [1.807, 2.05) is 116 Å². The topological polar surface area (TPSA) is 76.7 Å². The Morgan fingerprint density at radius 3 is 1.38 bits per heavy atom. The molecule has 2 N–H and O–H groups in total. The van der Waals surface area contributed by atoms with Crippen LogP contribution in [-0.4, -0.2) is 36.6 Å². The Morgan fingerprint density at radius 1 is 0.564 bits per heavy atom. The molecule has 0 unspecified atom stereocenters. The number of carbonyl (C=O) groups is 2. The molecule has 0 heterocycles. The van der Waals surface area contributed by atoms with Crippen molar-refractivity contribution in [1.82, 2.24) is 10.6 Å². The van der Waals surface area contributed by atoms with Crippen LogP contribution in [0, 0.1) is 0 Å². The van der Waals surface area contributed by atoms with Crippen LogP contribution in [0.4, 0.5) is 0 Å². The summed E-state index contributed by atoms with van der Waals surface area (Å²) in [4.78, 5) is 25.2. The van der Waals surface area contributed by atoms with Gasteiger partial charge in [-0.25, -0.2) is 0 Å². The van der Waals surface area contributed by atoms with Crippen molar-refractivity contribution in [2.45, 2.75) is 39.0 Å². The Bertz CT molecular complexity index is 1340. The van der Waals surface area contributed by atoms with Crippen LogP contribution < -0.4 is 20.1 Å². The third kappa shape index (κ3) is 7.95. The van der Waals surface area contributed by atoms with Crippen LogP contribution in [0.15, 0.2) is 109 Å². The van der Waals surface area contributed by atoms with Crippen molar-refractivity contribution in [1.29, 1.82) is 0 Å². The second-order valence-electron chi connectivity index (χ2n) is 9.46. The molecular weight excluding hydrogens is 488 g/mol. The van der Waals surface area contributed by atoms with Gasteiger partial charge >= 0.3 is 0 Å². The first-order valence-electron chi connectivity index (χ1n) is 13.1. The van der Waals surface area contributed by atoms with E-state index < -0.39 is 12.2 Å². The van der Waals surface area contributed by atoms with Crippen LogP contribution in [0.3, 0.4) is 0 Å². The maximum absolute atomic E-state index is 12.6. The van der Waals surface area contributed by atoms with Crippen LogP contribution in [0.25, 0.3) is 22.3 Å². The van der Waals surface area contributed by atoms with Crippen molar-refractivity contribution in [3.8, 4) is 33.8 Å². The van der Waals surface area contributed by atoms with Gasteiger partial charge in [0.2, 0.25) is 0 Å². The number of benzene rings is 4. The van der Waals surface area contributed by atoms with Crippen molar-refractivity contribution < 1.29 is 19.1 Å². The van der Waals surface area contributed by atoms with Crippen molar-refractivity contribution in [2.24, 2.45) is 0 Å². The summed E-state index contributed by atoms with van der Waals surface area (Å²) in [6.45, 7) is 5.49. The Hall–Kier alpha value is -4.58. The van der Waals surface area contributed by atoms with Crippen LogP contribution >= 0.6 is 0 Å². The summed E-state index contributed by atoms with van der Waals surface area (Å²) in [6, 6.07) is 35.1. The summed E-state index contributed by atoms with van der Waals surface area (Å²) < 4.78 is 11.6. The van der Waals surface area contributed by atoms with Gasteiger partial charge in [0.15, 0.2) is 12.2 Å². The summed E-state index contributed by atoms with van der Waals surface area (Å²) >= 11 is 0. The van der Waals surface area contributed by atoms with Crippen molar-refractivity contribution in [2.75, 3.05) is 6.54 Å². The molecule has 0 saturated heterocycles. The third-order valence-electron chi connectivity index (χ3n) is 6.26. The van der Waals surface area contributed by atoms with E-state index in [1.54, 1.807) is 13.8 Å². The maximum atomic E-state index is 12.6. The van der Waals surface area contributed by atoms with E-state index in [2.05, 4.69) is 10.6 Å². The van der Waals surface area contributed by atoms with Gasteiger partial charge in [0, 0.05) is 12.6 Å². The molecule has 4 aromatic rings. The zero-order chi connectivity index (χ0) is 27.6. The molecule has 0 radical (unpaired) electrons. The number of rotatable bonds is 11. The fraction of sp³-hybridized carbons (Fsp3) is 0.212. The Morgan fingerprint density at radius 2 is 0.949 bits per heavy atom. The maximum Gasteiger partial charge on any atom is 0.261 e. The minimum absolute atomic E-state index is 0.258. The number of ether oxygens (including phenoxy) is 2. The lowest BCUT2D eigenvalue weighted by Crippen LogP contribution is -2.48. The molecule has 0 aliphatic rings. The van der Waals surface area contributed by atoms with Crippen molar-refractivity contribution in [3.63, 3.8) is 0 Å². The molecule has 0 aliphatic heterocycles. The number of nitrogens with one attached hydrogen (secondary N) is 2. The highest BCUT2D eigenvalue weighted by Gasteiger charge is 2.19. The van der Waals surface area contributed by atoms with Crippen molar-refractivity contribution >= 4 is 11.8 Å². The Labute approximate surface area is 230 Å². The first kappa shape index (κ1) is 27.5. The van der Waals surface area contributed by atoms with Gasteiger partial charge in [0.1, 0.15) is 11.5 Å². The quantitative estimate of drug-likeness (QED) is 0.258. The normalized spacial score (nSPS) is 13.0. The fourth-order valence-corrected chi connectivity index (χ4v) is 4.04. The van der Waals surface area contributed by atoms with Gasteiger partial charge in [-0.1, -0.05) is 84.9 Å². The highest BCUT2D eigenvalue weighted by molar-refractivity contribution is 5.82. The van der Waals surface area contributed by atoms with Gasteiger partial charge in [0.05, 0.1) is 0 Å². The molecule has 200 valence electrons. The molecular formula is C33H34N2O4. The van der Waals surface area contributed by atoms with Gasteiger partial charge in [-0.05, 0) is 67.3 Å². The number of carbonyl (C=O) groups excluding carboxylic acids is 2. The SMILES string of the molecule is C[C@H](CNC(=O)[C@@H](C)Oc1ccc(-c2ccccc2)cc1)NC(=O)[C@H](C)Oc1ccc(-c2ccccc2)cc1. The molecule has 39 heavy (non-hydrogen) atoms. The van der Waals surface area contributed by atoms with Gasteiger partial charge in [-0.15, -0.1) is 0 Å². The Kier molecular flexibility index (Phi) is 9.35. The summed E-state index contributed by atoms with van der Waals surface area (Å²) in [5, 5.41) is 5.72. The van der Waals surface area contributed by atoms with Crippen molar-refractivity contribution in [3.05, 3.63) is 109 Å². The van der Waals surface area contributed by atoms with E-state index >= 15 is 0 Å². The summed E-state index contributed by atoms with van der Waals surface area (Å²) in [5.74, 6) is 0.709. The first-order valence-corrected chi connectivity index (χ1v) is 13.1. The van der Waals surface area contributed by atoms with Gasteiger partial charge in [0.25, 0.3) is 11.8 Å². The fourth-order valence-electron chi connectivity index (χ4n) is 4.04. The highest BCUT2D eigenvalue weighted by atomic mass is 16.5. The predicted molar refractivity (Wildman–Crippen MR) is 155 cm³/mol. The number of hydrogen-bond donors (Lipinski definition) is 2. The molecule has 6 heteroatoms. The number of amides is 2. The zero-order valence-corrected chi connectivity index (χ0v) is 22.5.